The van der Waals surface area contributed by atoms with Crippen LogP contribution in [0.5, 0.6) is 0 Å². The molecule has 1 aliphatic heterocycles. The van der Waals surface area contributed by atoms with Crippen molar-refractivity contribution in [1.82, 2.24) is 10.3 Å². The summed E-state index contributed by atoms with van der Waals surface area (Å²) in [5.74, 6) is 0. The lowest BCUT2D eigenvalue weighted by molar-refractivity contribution is 0.836. The quantitative estimate of drug-likeness (QED) is 0.868. The van der Waals surface area contributed by atoms with Gasteiger partial charge in [0.2, 0.25) is 0 Å². The summed E-state index contributed by atoms with van der Waals surface area (Å²) in [6.07, 6.45) is 5.90. The molecule has 0 radical (unpaired) electrons. The molecular weight excluding hydrogens is 218 g/mol. The van der Waals surface area contributed by atoms with E-state index in [0.717, 1.165) is 24.7 Å². The van der Waals surface area contributed by atoms with Crippen LogP contribution in [0.1, 0.15) is 18.9 Å². The fourth-order valence-corrected chi connectivity index (χ4v) is 2.56. The molecule has 2 rings (SSSR count). The summed E-state index contributed by atoms with van der Waals surface area (Å²) in [7, 11) is 0. The molecule has 3 nitrogen and oxygen atoms in total. The molecule has 0 saturated heterocycles. The Morgan fingerprint density at radius 1 is 1.44 bits per heavy atom. The second kappa shape index (κ2) is 5.89. The highest BCUT2D eigenvalue weighted by atomic mass is 32.2. The van der Waals surface area contributed by atoms with Crippen LogP contribution >= 0.6 is 11.8 Å². The van der Waals surface area contributed by atoms with E-state index >= 15 is 0 Å². The van der Waals surface area contributed by atoms with Crippen molar-refractivity contribution in [3.8, 4) is 0 Å². The lowest BCUT2D eigenvalue weighted by Crippen LogP contribution is -2.22. The predicted octanol–water partition coefficient (Wildman–Crippen LogP) is 2.10. The lowest BCUT2D eigenvalue weighted by atomic mass is 10.2. The molecule has 1 aromatic rings. The molecule has 1 N–H and O–H groups in total. The van der Waals surface area contributed by atoms with Crippen LogP contribution in [0.25, 0.3) is 0 Å². The third-order valence-corrected chi connectivity index (χ3v) is 3.92. The van der Waals surface area contributed by atoms with E-state index in [1.807, 2.05) is 24.2 Å². The van der Waals surface area contributed by atoms with Crippen LogP contribution in [-0.2, 0) is 6.42 Å². The molecule has 0 fully saturated rings. The molecule has 0 saturated carbocycles. The number of thioether (sulfide) groups is 1. The Morgan fingerprint density at radius 3 is 2.94 bits per heavy atom. The summed E-state index contributed by atoms with van der Waals surface area (Å²) in [5, 5.41) is 5.18. The van der Waals surface area contributed by atoms with Gasteiger partial charge in [0, 0.05) is 24.2 Å². The van der Waals surface area contributed by atoms with Crippen LogP contribution in [0.15, 0.2) is 29.5 Å². The maximum atomic E-state index is 4.48. The molecule has 1 unspecified atom stereocenters. The summed E-state index contributed by atoms with van der Waals surface area (Å²) < 4.78 is 0. The number of nitrogens with one attached hydrogen (secondary N) is 1. The Labute approximate surface area is 101 Å². The van der Waals surface area contributed by atoms with Crippen molar-refractivity contribution < 1.29 is 0 Å². The maximum Gasteiger partial charge on any atom is 0.156 e. The average molecular weight is 235 g/mol. The fourth-order valence-electron chi connectivity index (χ4n) is 1.59. The van der Waals surface area contributed by atoms with Gasteiger partial charge in [-0.25, -0.2) is 0 Å². The van der Waals surface area contributed by atoms with Crippen LogP contribution in [0, 0.1) is 0 Å². The van der Waals surface area contributed by atoms with Crippen LogP contribution in [-0.4, -0.2) is 28.5 Å². The van der Waals surface area contributed by atoms with E-state index in [1.165, 1.54) is 12.0 Å². The summed E-state index contributed by atoms with van der Waals surface area (Å²) in [5.41, 5.74) is 1.32. The zero-order valence-corrected chi connectivity index (χ0v) is 10.3. The van der Waals surface area contributed by atoms with Crippen molar-refractivity contribution in [1.29, 1.82) is 0 Å². The van der Waals surface area contributed by atoms with Gasteiger partial charge in [-0.2, -0.15) is 0 Å². The highest BCUT2D eigenvalue weighted by Gasteiger charge is 2.16. The molecule has 16 heavy (non-hydrogen) atoms. The first-order chi connectivity index (χ1) is 7.88. The number of amidine groups is 1. The second-order valence-electron chi connectivity index (χ2n) is 3.83. The van der Waals surface area contributed by atoms with Gasteiger partial charge in [-0.3, -0.25) is 9.98 Å². The molecule has 1 aromatic heterocycles. The van der Waals surface area contributed by atoms with Gasteiger partial charge >= 0.3 is 0 Å². The average Bonchev–Trinajstić information content (AvgIpc) is 2.78. The number of hydrogen-bond acceptors (Lipinski definition) is 4. The van der Waals surface area contributed by atoms with E-state index in [-0.39, 0.29) is 0 Å². The van der Waals surface area contributed by atoms with Gasteiger partial charge in [0.25, 0.3) is 0 Å². The zero-order chi connectivity index (χ0) is 11.2. The van der Waals surface area contributed by atoms with Crippen LogP contribution < -0.4 is 5.32 Å². The molecule has 4 heteroatoms. The lowest BCUT2D eigenvalue weighted by Gasteiger charge is -2.06. The van der Waals surface area contributed by atoms with E-state index in [0.29, 0.717) is 5.25 Å². The number of aromatic nitrogens is 1. The first-order valence-electron chi connectivity index (χ1n) is 5.72. The highest BCUT2D eigenvalue weighted by Crippen LogP contribution is 2.21. The number of hydrogen-bond donors (Lipinski definition) is 1. The van der Waals surface area contributed by atoms with E-state index in [2.05, 4.69) is 34.3 Å². The van der Waals surface area contributed by atoms with Gasteiger partial charge in [0.05, 0.1) is 6.54 Å². The van der Waals surface area contributed by atoms with Gasteiger partial charge < -0.3 is 5.32 Å². The molecular formula is C12H17N3S. The Balaban J connectivity index is 1.69. The number of nitrogens with zero attached hydrogens (tertiary/aromatic N) is 2. The minimum Gasteiger partial charge on any atom is -0.365 e. The van der Waals surface area contributed by atoms with E-state index in [4.69, 9.17) is 0 Å². The van der Waals surface area contributed by atoms with Crippen LogP contribution in [0.4, 0.5) is 0 Å². The van der Waals surface area contributed by atoms with Gasteiger partial charge in [0.15, 0.2) is 5.17 Å². The standard InChI is InChI=1S/C12H17N3S/c1-2-11-9-15-12(16-11)14-8-5-10-3-6-13-7-4-10/h3-4,6-7,11H,2,5,8-9H2,1H3,(H,14,15). The SMILES string of the molecule is CCC1CN=C(NCCc2ccncc2)S1. The number of aliphatic imine (C=N–C) groups is 1. The van der Waals surface area contributed by atoms with Crippen molar-refractivity contribution >= 4 is 16.9 Å². The van der Waals surface area contributed by atoms with Gasteiger partial charge in [-0.15, -0.1) is 0 Å². The Hall–Kier alpha value is -1.03. The Bertz CT molecular complexity index is 351. The topological polar surface area (TPSA) is 37.3 Å². The predicted molar refractivity (Wildman–Crippen MR) is 69.9 cm³/mol. The zero-order valence-electron chi connectivity index (χ0n) is 9.52. The summed E-state index contributed by atoms with van der Waals surface area (Å²) >= 11 is 1.87. The minimum absolute atomic E-state index is 0.684. The third-order valence-electron chi connectivity index (χ3n) is 2.61. The minimum atomic E-state index is 0.684. The van der Waals surface area contributed by atoms with E-state index in [1.54, 1.807) is 0 Å². The molecule has 0 aromatic carbocycles. The summed E-state index contributed by atoms with van der Waals surface area (Å²) in [6.45, 7) is 4.14. The summed E-state index contributed by atoms with van der Waals surface area (Å²) in [6, 6.07) is 4.11. The molecule has 0 spiro atoms. The van der Waals surface area contributed by atoms with Crippen molar-refractivity contribution in [2.24, 2.45) is 4.99 Å². The van der Waals surface area contributed by atoms with Crippen molar-refractivity contribution in [2.75, 3.05) is 13.1 Å². The molecule has 0 aliphatic carbocycles. The van der Waals surface area contributed by atoms with Crippen LogP contribution in [0.3, 0.4) is 0 Å². The Kier molecular flexibility index (Phi) is 4.22. The fraction of sp³-hybridized carbons (Fsp3) is 0.500. The number of pyridine rings is 1. The molecule has 0 bridgehead atoms. The molecule has 86 valence electrons. The molecule has 1 atom stereocenters. The normalized spacial score (nSPS) is 19.6. The Morgan fingerprint density at radius 2 is 2.25 bits per heavy atom. The van der Waals surface area contributed by atoms with Crippen molar-refractivity contribution in [2.45, 2.75) is 25.0 Å². The molecule has 1 aliphatic rings. The molecule has 0 amide bonds. The second-order valence-corrected chi connectivity index (χ2v) is 5.12. The number of rotatable bonds is 4. The first kappa shape index (κ1) is 11.5. The maximum absolute atomic E-state index is 4.48. The monoisotopic (exact) mass is 235 g/mol. The third kappa shape index (κ3) is 3.23. The highest BCUT2D eigenvalue weighted by molar-refractivity contribution is 8.14. The van der Waals surface area contributed by atoms with Crippen molar-refractivity contribution in [3.05, 3.63) is 30.1 Å². The van der Waals surface area contributed by atoms with Gasteiger partial charge in [0.1, 0.15) is 0 Å². The smallest absolute Gasteiger partial charge is 0.156 e. The largest absolute Gasteiger partial charge is 0.365 e. The van der Waals surface area contributed by atoms with Gasteiger partial charge in [-0.1, -0.05) is 18.7 Å². The van der Waals surface area contributed by atoms with Gasteiger partial charge in [-0.05, 0) is 30.5 Å². The summed E-state index contributed by atoms with van der Waals surface area (Å²) in [4.78, 5) is 8.48. The molecule has 2 heterocycles. The van der Waals surface area contributed by atoms with Crippen LogP contribution in [0.2, 0.25) is 0 Å². The van der Waals surface area contributed by atoms with E-state index < -0.39 is 0 Å². The van der Waals surface area contributed by atoms with E-state index in [9.17, 15) is 0 Å². The van der Waals surface area contributed by atoms with Crippen molar-refractivity contribution in [3.63, 3.8) is 0 Å². The first-order valence-corrected chi connectivity index (χ1v) is 6.60.